The molecule has 2 aromatic carbocycles. The molecule has 2 aromatic rings. The van der Waals surface area contributed by atoms with E-state index < -0.39 is 11.9 Å². The molecule has 1 aliphatic carbocycles. The highest BCUT2D eigenvalue weighted by molar-refractivity contribution is 5.92. The largest absolute Gasteiger partial charge is 0.386 e. The summed E-state index contributed by atoms with van der Waals surface area (Å²) >= 11 is 0. The van der Waals surface area contributed by atoms with Crippen LogP contribution in [0.3, 0.4) is 0 Å². The quantitative estimate of drug-likeness (QED) is 0.600. The third-order valence-electron chi connectivity index (χ3n) is 4.07. The van der Waals surface area contributed by atoms with Gasteiger partial charge in [0.15, 0.2) is 5.96 Å². The van der Waals surface area contributed by atoms with E-state index in [1.807, 2.05) is 6.07 Å². The summed E-state index contributed by atoms with van der Waals surface area (Å²) in [6.07, 6.45) is 2.40. The van der Waals surface area contributed by atoms with Crippen LogP contribution >= 0.6 is 0 Å². The van der Waals surface area contributed by atoms with Gasteiger partial charge in [0.05, 0.1) is 6.54 Å². The van der Waals surface area contributed by atoms with Crippen molar-refractivity contribution in [2.24, 2.45) is 10.7 Å². The van der Waals surface area contributed by atoms with Gasteiger partial charge in [0.1, 0.15) is 11.9 Å². The number of nitrogens with two attached hydrogens (primary N) is 1. The number of hydrogen-bond acceptors (Lipinski definition) is 2. The van der Waals surface area contributed by atoms with E-state index >= 15 is 0 Å². The van der Waals surface area contributed by atoms with Gasteiger partial charge in [0, 0.05) is 11.3 Å². The number of guanidine groups is 1. The van der Waals surface area contributed by atoms with E-state index in [-0.39, 0.29) is 18.1 Å². The number of nitrogens with one attached hydrogen (secondary N) is 1. The number of fused-ring (bicyclic) bond motifs is 1. The SMILES string of the molecule is NC(=NCC(O)c1ccccc1F)Nc1ccc2c(c1)CCC2. The van der Waals surface area contributed by atoms with Gasteiger partial charge >= 0.3 is 0 Å². The summed E-state index contributed by atoms with van der Waals surface area (Å²) in [6, 6.07) is 12.3. The molecular weight excluding hydrogens is 293 g/mol. The molecule has 4 nitrogen and oxygen atoms in total. The molecule has 0 bridgehead atoms. The topological polar surface area (TPSA) is 70.6 Å². The number of benzene rings is 2. The van der Waals surface area contributed by atoms with Gasteiger partial charge in [-0.2, -0.15) is 0 Å². The molecule has 1 atom stereocenters. The smallest absolute Gasteiger partial charge is 0.193 e. The second kappa shape index (κ2) is 6.79. The predicted octanol–water partition coefficient (Wildman–Crippen LogP) is 2.77. The molecule has 0 saturated heterocycles. The molecule has 23 heavy (non-hydrogen) atoms. The van der Waals surface area contributed by atoms with Crippen molar-refractivity contribution in [1.29, 1.82) is 0 Å². The van der Waals surface area contributed by atoms with Crippen molar-refractivity contribution in [2.45, 2.75) is 25.4 Å². The first-order chi connectivity index (χ1) is 11.1. The second-order valence-corrected chi connectivity index (χ2v) is 5.73. The molecule has 1 aliphatic rings. The summed E-state index contributed by atoms with van der Waals surface area (Å²) in [7, 11) is 0. The van der Waals surface area contributed by atoms with Gasteiger partial charge in [-0.05, 0) is 48.6 Å². The van der Waals surface area contributed by atoms with Gasteiger partial charge in [-0.3, -0.25) is 4.99 Å². The fourth-order valence-corrected chi connectivity index (χ4v) is 2.87. The molecule has 0 fully saturated rings. The highest BCUT2D eigenvalue weighted by atomic mass is 19.1. The zero-order valence-corrected chi connectivity index (χ0v) is 12.8. The first-order valence-corrected chi connectivity index (χ1v) is 7.75. The summed E-state index contributed by atoms with van der Waals surface area (Å²) in [5, 5.41) is 13.0. The molecule has 0 spiro atoms. The number of aliphatic hydroxyl groups is 1. The minimum atomic E-state index is -1.02. The molecule has 3 rings (SSSR count). The lowest BCUT2D eigenvalue weighted by molar-refractivity contribution is 0.182. The van der Waals surface area contributed by atoms with E-state index in [0.717, 1.165) is 18.5 Å². The Morgan fingerprint density at radius 2 is 2.00 bits per heavy atom. The number of aliphatic imine (C=N–C) groups is 1. The fraction of sp³-hybridized carbons (Fsp3) is 0.278. The van der Waals surface area contributed by atoms with Crippen molar-refractivity contribution < 1.29 is 9.50 Å². The van der Waals surface area contributed by atoms with Gasteiger partial charge in [-0.1, -0.05) is 24.3 Å². The monoisotopic (exact) mass is 313 g/mol. The van der Waals surface area contributed by atoms with Crippen molar-refractivity contribution in [3.63, 3.8) is 0 Å². The second-order valence-electron chi connectivity index (χ2n) is 5.73. The van der Waals surface area contributed by atoms with Crippen LogP contribution in [-0.4, -0.2) is 17.6 Å². The van der Waals surface area contributed by atoms with E-state index in [2.05, 4.69) is 22.4 Å². The molecule has 0 radical (unpaired) electrons. The number of rotatable bonds is 4. The molecular formula is C18H20FN3O. The minimum Gasteiger partial charge on any atom is -0.386 e. The van der Waals surface area contributed by atoms with Crippen LogP contribution in [0.1, 0.15) is 29.2 Å². The molecule has 120 valence electrons. The number of aliphatic hydroxyl groups excluding tert-OH is 1. The summed E-state index contributed by atoms with van der Waals surface area (Å²) in [6.45, 7) is 0.00467. The van der Waals surface area contributed by atoms with Gasteiger partial charge < -0.3 is 16.2 Å². The normalized spacial score (nSPS) is 15.3. The number of aryl methyl sites for hydroxylation is 2. The first kappa shape index (κ1) is 15.5. The summed E-state index contributed by atoms with van der Waals surface area (Å²) in [5.74, 6) is -0.237. The Hall–Kier alpha value is -2.40. The Kier molecular flexibility index (Phi) is 4.57. The van der Waals surface area contributed by atoms with Gasteiger partial charge in [0.2, 0.25) is 0 Å². The van der Waals surface area contributed by atoms with Gasteiger partial charge in [-0.15, -0.1) is 0 Å². The fourth-order valence-electron chi connectivity index (χ4n) is 2.87. The minimum absolute atomic E-state index is 0.00467. The van der Waals surface area contributed by atoms with E-state index in [4.69, 9.17) is 5.73 Å². The van der Waals surface area contributed by atoms with Crippen LogP contribution in [0.5, 0.6) is 0 Å². The van der Waals surface area contributed by atoms with Crippen molar-refractivity contribution in [1.82, 2.24) is 0 Å². The Morgan fingerprint density at radius 1 is 1.22 bits per heavy atom. The molecule has 0 saturated carbocycles. The summed E-state index contributed by atoms with van der Waals surface area (Å²) < 4.78 is 13.6. The standard InChI is InChI=1S/C18H20FN3O/c19-16-7-2-1-6-15(16)17(23)11-21-18(20)22-14-9-8-12-4-3-5-13(12)10-14/h1-2,6-10,17,23H,3-5,11H2,(H3,20,21,22). The molecule has 0 heterocycles. The predicted molar refractivity (Wildman–Crippen MR) is 89.9 cm³/mol. The van der Waals surface area contributed by atoms with Crippen LogP contribution in [0.25, 0.3) is 0 Å². The van der Waals surface area contributed by atoms with Crippen molar-refractivity contribution >= 4 is 11.6 Å². The summed E-state index contributed by atoms with van der Waals surface area (Å²) in [5.41, 5.74) is 9.69. The maximum absolute atomic E-state index is 13.6. The maximum atomic E-state index is 13.6. The van der Waals surface area contributed by atoms with Gasteiger partial charge in [-0.25, -0.2) is 4.39 Å². The molecule has 5 heteroatoms. The van der Waals surface area contributed by atoms with Crippen molar-refractivity contribution in [3.05, 3.63) is 65.0 Å². The summed E-state index contributed by atoms with van der Waals surface area (Å²) in [4.78, 5) is 4.10. The van der Waals surface area contributed by atoms with Crippen molar-refractivity contribution in [3.8, 4) is 0 Å². The van der Waals surface area contributed by atoms with E-state index in [0.29, 0.717) is 0 Å². The number of anilines is 1. The Balaban J connectivity index is 1.63. The first-order valence-electron chi connectivity index (χ1n) is 7.75. The van der Waals surface area contributed by atoms with Crippen LogP contribution in [0.2, 0.25) is 0 Å². The number of hydrogen-bond donors (Lipinski definition) is 3. The van der Waals surface area contributed by atoms with Crippen LogP contribution in [0, 0.1) is 5.82 Å². The Labute approximate surface area is 134 Å². The van der Waals surface area contributed by atoms with Crippen LogP contribution in [0.4, 0.5) is 10.1 Å². The number of nitrogens with zero attached hydrogens (tertiary/aromatic N) is 1. The van der Waals surface area contributed by atoms with E-state index in [9.17, 15) is 9.50 Å². The number of halogens is 1. The molecule has 0 amide bonds. The average Bonchev–Trinajstić information content (AvgIpc) is 3.01. The zero-order valence-electron chi connectivity index (χ0n) is 12.8. The zero-order chi connectivity index (χ0) is 16.2. The highest BCUT2D eigenvalue weighted by Crippen LogP contribution is 2.24. The van der Waals surface area contributed by atoms with Crippen LogP contribution in [0.15, 0.2) is 47.5 Å². The third-order valence-corrected chi connectivity index (χ3v) is 4.07. The van der Waals surface area contributed by atoms with Crippen LogP contribution in [-0.2, 0) is 12.8 Å². The molecule has 0 aliphatic heterocycles. The lowest BCUT2D eigenvalue weighted by Crippen LogP contribution is -2.23. The van der Waals surface area contributed by atoms with Crippen LogP contribution < -0.4 is 11.1 Å². The molecule has 4 N–H and O–H groups in total. The van der Waals surface area contributed by atoms with Crippen molar-refractivity contribution in [2.75, 3.05) is 11.9 Å². The lowest BCUT2D eigenvalue weighted by atomic mass is 10.1. The van der Waals surface area contributed by atoms with E-state index in [1.165, 1.54) is 23.6 Å². The molecule has 1 unspecified atom stereocenters. The third kappa shape index (κ3) is 3.68. The van der Waals surface area contributed by atoms with Gasteiger partial charge in [0.25, 0.3) is 0 Å². The highest BCUT2D eigenvalue weighted by Gasteiger charge is 2.12. The molecule has 0 aromatic heterocycles. The van der Waals surface area contributed by atoms with E-state index in [1.54, 1.807) is 18.2 Å². The Bertz CT molecular complexity index is 730. The lowest BCUT2D eigenvalue weighted by Gasteiger charge is -2.11. The Morgan fingerprint density at radius 3 is 2.83 bits per heavy atom. The maximum Gasteiger partial charge on any atom is 0.193 e. The average molecular weight is 313 g/mol.